The summed E-state index contributed by atoms with van der Waals surface area (Å²) in [5.74, 6) is -1.03. The molecule has 114 valence electrons. The highest BCUT2D eigenvalue weighted by Gasteiger charge is 2.32. The first kappa shape index (κ1) is 15.7. The molecule has 1 aliphatic heterocycles. The molecule has 0 aliphatic carbocycles. The highest BCUT2D eigenvalue weighted by molar-refractivity contribution is 7.89. The lowest BCUT2D eigenvalue weighted by molar-refractivity contribution is -0.122. The van der Waals surface area contributed by atoms with Crippen molar-refractivity contribution in [3.63, 3.8) is 0 Å². The lowest BCUT2D eigenvalue weighted by Gasteiger charge is -2.30. The number of sulfonamides is 1. The number of hydrogen-bond donors (Lipinski definition) is 1. The van der Waals surface area contributed by atoms with Gasteiger partial charge in [-0.2, -0.15) is 4.31 Å². The van der Waals surface area contributed by atoms with Crippen molar-refractivity contribution in [3.05, 3.63) is 29.8 Å². The Kier molecular flexibility index (Phi) is 4.43. The minimum Gasteiger partial charge on any atom is -0.369 e. The average Bonchev–Trinajstić information content (AvgIpc) is 2.47. The fourth-order valence-corrected chi connectivity index (χ4v) is 3.93. The molecule has 1 amide bonds. The molecule has 2 rings (SSSR count). The van der Waals surface area contributed by atoms with Crippen molar-refractivity contribution < 1.29 is 18.0 Å². The summed E-state index contributed by atoms with van der Waals surface area (Å²) in [5, 5.41) is 0. The van der Waals surface area contributed by atoms with E-state index in [1.807, 2.05) is 0 Å². The van der Waals surface area contributed by atoms with Crippen molar-refractivity contribution in [2.45, 2.75) is 24.7 Å². The minimum absolute atomic E-state index is 0.117. The van der Waals surface area contributed by atoms with Gasteiger partial charge in [-0.05, 0) is 31.9 Å². The van der Waals surface area contributed by atoms with Crippen LogP contribution in [0.3, 0.4) is 0 Å². The summed E-state index contributed by atoms with van der Waals surface area (Å²) in [6, 6.07) is 5.81. The molecule has 1 aliphatic rings. The number of carbonyl (C=O) groups excluding carboxylic acids is 2. The van der Waals surface area contributed by atoms with Crippen LogP contribution in [0.15, 0.2) is 29.2 Å². The van der Waals surface area contributed by atoms with Crippen molar-refractivity contribution >= 4 is 21.7 Å². The quantitative estimate of drug-likeness (QED) is 0.831. The third-order valence-corrected chi connectivity index (χ3v) is 5.56. The first-order valence-electron chi connectivity index (χ1n) is 6.73. The molecular weight excluding hydrogens is 292 g/mol. The van der Waals surface area contributed by atoms with E-state index in [9.17, 15) is 18.0 Å². The lowest BCUT2D eigenvalue weighted by atomic mass is 9.99. The van der Waals surface area contributed by atoms with Crippen LogP contribution in [-0.4, -0.2) is 37.5 Å². The summed E-state index contributed by atoms with van der Waals surface area (Å²) in [7, 11) is -3.66. The molecule has 0 radical (unpaired) electrons. The third-order valence-electron chi connectivity index (χ3n) is 3.69. The normalized spacial score (nSPS) is 20.1. The zero-order chi connectivity index (χ0) is 15.6. The fraction of sp³-hybridized carbons (Fsp3) is 0.429. The van der Waals surface area contributed by atoms with Crippen molar-refractivity contribution in [2.24, 2.45) is 11.7 Å². The Morgan fingerprint density at radius 3 is 2.38 bits per heavy atom. The van der Waals surface area contributed by atoms with Crippen LogP contribution in [0.1, 0.15) is 30.1 Å². The number of benzene rings is 1. The van der Waals surface area contributed by atoms with E-state index in [1.165, 1.54) is 35.5 Å². The van der Waals surface area contributed by atoms with E-state index in [0.29, 0.717) is 24.9 Å². The number of hydrogen-bond acceptors (Lipinski definition) is 4. The number of Topliss-reactive ketones (excluding diaryl/α,β-unsaturated/α-hetero) is 1. The molecule has 7 heteroatoms. The van der Waals surface area contributed by atoms with E-state index in [0.717, 1.165) is 0 Å². The molecule has 1 aromatic carbocycles. The molecule has 1 heterocycles. The Labute approximate surface area is 124 Å². The van der Waals surface area contributed by atoms with Crippen LogP contribution < -0.4 is 5.73 Å². The number of ketones is 1. The largest absolute Gasteiger partial charge is 0.369 e. The Morgan fingerprint density at radius 1 is 1.24 bits per heavy atom. The van der Waals surface area contributed by atoms with Gasteiger partial charge < -0.3 is 5.73 Å². The number of amides is 1. The number of piperidine rings is 1. The topological polar surface area (TPSA) is 97.5 Å². The van der Waals surface area contributed by atoms with Gasteiger partial charge in [-0.3, -0.25) is 9.59 Å². The van der Waals surface area contributed by atoms with Crippen LogP contribution in [0, 0.1) is 5.92 Å². The number of rotatable bonds is 4. The second-order valence-electron chi connectivity index (χ2n) is 5.19. The molecule has 21 heavy (non-hydrogen) atoms. The summed E-state index contributed by atoms with van der Waals surface area (Å²) in [5.41, 5.74) is 5.73. The van der Waals surface area contributed by atoms with Gasteiger partial charge in [0.15, 0.2) is 5.78 Å². The van der Waals surface area contributed by atoms with Crippen molar-refractivity contribution in [1.29, 1.82) is 0 Å². The van der Waals surface area contributed by atoms with Gasteiger partial charge in [-0.15, -0.1) is 0 Å². The van der Waals surface area contributed by atoms with Gasteiger partial charge in [0.1, 0.15) is 0 Å². The number of nitrogens with zero attached hydrogens (tertiary/aromatic N) is 1. The number of nitrogens with two attached hydrogens (primary N) is 1. The minimum atomic E-state index is -3.66. The molecule has 1 atom stereocenters. The van der Waals surface area contributed by atoms with E-state index in [4.69, 9.17) is 5.73 Å². The molecule has 1 aromatic rings. The molecule has 2 N–H and O–H groups in total. The molecule has 1 fully saturated rings. The van der Waals surface area contributed by atoms with Crippen LogP contribution in [0.2, 0.25) is 0 Å². The Bertz CT molecular complexity index is 652. The van der Waals surface area contributed by atoms with Gasteiger partial charge >= 0.3 is 0 Å². The maximum atomic E-state index is 12.5. The molecule has 0 saturated carbocycles. The zero-order valence-corrected chi connectivity index (χ0v) is 12.6. The van der Waals surface area contributed by atoms with Crippen LogP contribution in [0.25, 0.3) is 0 Å². The van der Waals surface area contributed by atoms with Crippen LogP contribution in [-0.2, 0) is 14.8 Å². The van der Waals surface area contributed by atoms with Crippen LogP contribution in [0.5, 0.6) is 0 Å². The van der Waals surface area contributed by atoms with Crippen LogP contribution in [0.4, 0.5) is 0 Å². The molecule has 1 unspecified atom stereocenters. The van der Waals surface area contributed by atoms with E-state index < -0.39 is 21.8 Å². The molecule has 1 saturated heterocycles. The van der Waals surface area contributed by atoms with Crippen molar-refractivity contribution in [2.75, 3.05) is 13.1 Å². The molecule has 0 aromatic heterocycles. The second-order valence-corrected chi connectivity index (χ2v) is 7.12. The van der Waals surface area contributed by atoms with E-state index >= 15 is 0 Å². The van der Waals surface area contributed by atoms with Gasteiger partial charge in [0.25, 0.3) is 0 Å². The van der Waals surface area contributed by atoms with Gasteiger partial charge in [0.2, 0.25) is 15.9 Å². The van der Waals surface area contributed by atoms with Gasteiger partial charge in [-0.25, -0.2) is 8.42 Å². The fourth-order valence-electron chi connectivity index (χ4n) is 2.40. The van der Waals surface area contributed by atoms with E-state index in [2.05, 4.69) is 0 Å². The lowest BCUT2D eigenvalue weighted by Crippen LogP contribution is -2.44. The average molecular weight is 310 g/mol. The van der Waals surface area contributed by atoms with E-state index in [1.54, 1.807) is 0 Å². The smallest absolute Gasteiger partial charge is 0.243 e. The predicted molar refractivity (Wildman–Crippen MR) is 77.1 cm³/mol. The molecule has 6 nitrogen and oxygen atoms in total. The third kappa shape index (κ3) is 3.30. The summed E-state index contributed by atoms with van der Waals surface area (Å²) >= 11 is 0. The first-order chi connectivity index (χ1) is 9.82. The number of primary amides is 1. The van der Waals surface area contributed by atoms with Gasteiger partial charge in [-0.1, -0.05) is 12.1 Å². The summed E-state index contributed by atoms with van der Waals surface area (Å²) in [6.45, 7) is 1.91. The summed E-state index contributed by atoms with van der Waals surface area (Å²) in [4.78, 5) is 22.6. The Morgan fingerprint density at radius 2 is 1.86 bits per heavy atom. The molecule has 0 spiro atoms. The van der Waals surface area contributed by atoms with Gasteiger partial charge in [0.05, 0.1) is 10.8 Å². The Hall–Kier alpha value is -1.73. The van der Waals surface area contributed by atoms with E-state index in [-0.39, 0.29) is 17.2 Å². The maximum Gasteiger partial charge on any atom is 0.243 e. The monoisotopic (exact) mass is 310 g/mol. The highest BCUT2D eigenvalue weighted by Crippen LogP contribution is 2.23. The summed E-state index contributed by atoms with van der Waals surface area (Å²) in [6.07, 6.45) is 1.23. The highest BCUT2D eigenvalue weighted by atomic mass is 32.2. The maximum absolute atomic E-state index is 12.5. The Balaban J connectivity index is 2.24. The predicted octanol–water partition coefficient (Wildman–Crippen LogP) is 0.775. The van der Waals surface area contributed by atoms with Crippen molar-refractivity contribution in [3.8, 4) is 0 Å². The summed E-state index contributed by atoms with van der Waals surface area (Å²) < 4.78 is 26.3. The first-order valence-corrected chi connectivity index (χ1v) is 8.17. The van der Waals surface area contributed by atoms with Crippen molar-refractivity contribution in [1.82, 2.24) is 4.31 Å². The van der Waals surface area contributed by atoms with Gasteiger partial charge in [0, 0.05) is 18.7 Å². The second kappa shape index (κ2) is 5.95. The zero-order valence-electron chi connectivity index (χ0n) is 11.8. The SMILES string of the molecule is CC(=O)c1ccc(S(=O)(=O)N2CCCC(C(N)=O)C2)cc1. The standard InChI is InChI=1S/C14H18N2O4S/c1-10(17)11-4-6-13(7-5-11)21(19,20)16-8-2-3-12(9-16)14(15)18/h4-7,12H,2-3,8-9H2,1H3,(H2,15,18). The number of carbonyl (C=O) groups is 2. The molecule has 0 bridgehead atoms. The van der Waals surface area contributed by atoms with Crippen LogP contribution >= 0.6 is 0 Å². The molecular formula is C14H18N2O4S.